The monoisotopic (exact) mass is 391 g/mol. The Morgan fingerprint density at radius 1 is 1.32 bits per heavy atom. The minimum Gasteiger partial charge on any atom is -0.382 e. The van der Waals surface area contributed by atoms with Crippen molar-refractivity contribution in [3.05, 3.63) is 34.1 Å². The molecule has 0 spiro atoms. The van der Waals surface area contributed by atoms with Crippen LogP contribution >= 0.6 is 35.0 Å². The van der Waals surface area contributed by atoms with Gasteiger partial charge in [-0.2, -0.15) is 0 Å². The average Bonchev–Trinajstić information content (AvgIpc) is 2.95. The third-order valence-electron chi connectivity index (χ3n) is 3.71. The van der Waals surface area contributed by atoms with Gasteiger partial charge in [-0.05, 0) is 42.8 Å². The first-order valence-corrected chi connectivity index (χ1v) is 9.12. The van der Waals surface area contributed by atoms with Crippen molar-refractivity contribution in [2.45, 2.75) is 36.4 Å². The molecule has 0 aliphatic rings. The average molecular weight is 392 g/mol. The van der Waals surface area contributed by atoms with Crippen molar-refractivity contribution in [1.29, 1.82) is 0 Å². The van der Waals surface area contributed by atoms with Gasteiger partial charge in [0.15, 0.2) is 22.1 Å². The summed E-state index contributed by atoms with van der Waals surface area (Å²) in [5.41, 5.74) is 8.05. The second kappa shape index (κ2) is 7.52. The number of unbranched alkanes of at least 4 members (excludes halogenated alkanes) is 1. The SMILES string of the molecule is C#CCCCn1c(Sc2ccc(Cl)c(C)c2Cl)nc2c(N)ncnc21. The number of nitrogen functional groups attached to an aromatic ring is 1. The van der Waals surface area contributed by atoms with Gasteiger partial charge >= 0.3 is 0 Å². The van der Waals surface area contributed by atoms with Crippen molar-refractivity contribution in [2.75, 3.05) is 5.73 Å². The molecule has 0 unspecified atom stereocenters. The van der Waals surface area contributed by atoms with Crippen LogP contribution < -0.4 is 5.73 Å². The molecule has 2 heterocycles. The summed E-state index contributed by atoms with van der Waals surface area (Å²) in [5, 5.41) is 1.98. The van der Waals surface area contributed by atoms with Gasteiger partial charge in [0, 0.05) is 22.9 Å². The van der Waals surface area contributed by atoms with Crippen LogP contribution in [0.2, 0.25) is 10.0 Å². The molecule has 0 saturated heterocycles. The van der Waals surface area contributed by atoms with Crippen molar-refractivity contribution in [3.63, 3.8) is 0 Å². The Morgan fingerprint density at radius 2 is 2.12 bits per heavy atom. The lowest BCUT2D eigenvalue weighted by Gasteiger charge is -2.10. The Morgan fingerprint density at radius 3 is 2.88 bits per heavy atom. The van der Waals surface area contributed by atoms with Crippen LogP contribution in [0.5, 0.6) is 0 Å². The molecule has 5 nitrogen and oxygen atoms in total. The zero-order valence-electron chi connectivity index (χ0n) is 13.5. The van der Waals surface area contributed by atoms with E-state index in [0.717, 1.165) is 22.0 Å². The van der Waals surface area contributed by atoms with Gasteiger partial charge in [0.2, 0.25) is 0 Å². The largest absolute Gasteiger partial charge is 0.382 e. The fourth-order valence-electron chi connectivity index (χ4n) is 2.37. The summed E-state index contributed by atoms with van der Waals surface area (Å²) in [6.07, 6.45) is 8.28. The first-order chi connectivity index (χ1) is 12.0. The lowest BCUT2D eigenvalue weighted by atomic mass is 10.2. The van der Waals surface area contributed by atoms with Gasteiger partial charge in [0.05, 0.1) is 5.02 Å². The quantitative estimate of drug-likeness (QED) is 0.508. The Bertz CT molecular complexity index is 977. The topological polar surface area (TPSA) is 69.6 Å². The number of anilines is 1. The molecule has 2 N–H and O–H groups in total. The van der Waals surface area contributed by atoms with Gasteiger partial charge in [0.1, 0.15) is 6.33 Å². The lowest BCUT2D eigenvalue weighted by molar-refractivity contribution is 0.615. The van der Waals surface area contributed by atoms with E-state index >= 15 is 0 Å². The maximum Gasteiger partial charge on any atom is 0.175 e. The smallest absolute Gasteiger partial charge is 0.175 e. The molecule has 0 amide bonds. The molecule has 1 aromatic carbocycles. The highest BCUT2D eigenvalue weighted by Crippen LogP contribution is 2.38. The second-order valence-electron chi connectivity index (χ2n) is 5.37. The second-order valence-corrected chi connectivity index (χ2v) is 7.17. The number of fused-ring (bicyclic) bond motifs is 1. The Balaban J connectivity index is 2.06. The first kappa shape index (κ1) is 17.9. The van der Waals surface area contributed by atoms with Gasteiger partial charge < -0.3 is 10.3 Å². The predicted octanol–water partition coefficient (Wildman–Crippen LogP) is 4.59. The molecule has 128 valence electrons. The van der Waals surface area contributed by atoms with Crippen molar-refractivity contribution in [1.82, 2.24) is 19.5 Å². The summed E-state index contributed by atoms with van der Waals surface area (Å²) in [4.78, 5) is 13.8. The zero-order chi connectivity index (χ0) is 18.0. The number of nitrogens with two attached hydrogens (primary N) is 1. The summed E-state index contributed by atoms with van der Waals surface area (Å²) in [6.45, 7) is 2.57. The van der Waals surface area contributed by atoms with E-state index in [1.807, 2.05) is 23.6 Å². The molecule has 3 rings (SSSR count). The zero-order valence-corrected chi connectivity index (χ0v) is 15.8. The molecule has 0 atom stereocenters. The minimum absolute atomic E-state index is 0.348. The lowest BCUT2D eigenvalue weighted by Crippen LogP contribution is -2.02. The van der Waals surface area contributed by atoms with Gasteiger partial charge in [-0.25, -0.2) is 15.0 Å². The minimum atomic E-state index is 0.348. The van der Waals surface area contributed by atoms with E-state index in [1.54, 1.807) is 0 Å². The standard InChI is InChI=1S/C17H15Cl2N5S/c1-3-4-5-8-24-16-14(15(20)21-9-22-16)23-17(24)25-12-7-6-11(18)10(2)13(12)19/h1,6-7,9H,4-5,8H2,2H3,(H2,20,21,22). The molecule has 0 fully saturated rings. The third kappa shape index (κ3) is 3.54. The molecule has 0 saturated carbocycles. The molecule has 0 bridgehead atoms. The van der Waals surface area contributed by atoms with E-state index in [0.29, 0.717) is 40.0 Å². The first-order valence-electron chi connectivity index (χ1n) is 7.55. The highest BCUT2D eigenvalue weighted by atomic mass is 35.5. The number of halogens is 2. The van der Waals surface area contributed by atoms with Gasteiger partial charge in [0.25, 0.3) is 0 Å². The van der Waals surface area contributed by atoms with Crippen molar-refractivity contribution >= 4 is 51.9 Å². The van der Waals surface area contributed by atoms with Gasteiger partial charge in [-0.3, -0.25) is 0 Å². The normalized spacial score (nSPS) is 11.0. The maximum atomic E-state index is 6.44. The number of hydrogen-bond donors (Lipinski definition) is 1. The molecule has 25 heavy (non-hydrogen) atoms. The number of aryl methyl sites for hydroxylation is 1. The van der Waals surface area contributed by atoms with E-state index in [-0.39, 0.29) is 0 Å². The van der Waals surface area contributed by atoms with Crippen molar-refractivity contribution in [2.24, 2.45) is 0 Å². The number of aromatic nitrogens is 4. The fourth-order valence-corrected chi connectivity index (χ4v) is 3.85. The molecule has 2 aromatic heterocycles. The number of terminal acetylenes is 1. The summed E-state index contributed by atoms with van der Waals surface area (Å²) in [7, 11) is 0. The summed E-state index contributed by atoms with van der Waals surface area (Å²) in [5.74, 6) is 3.00. The van der Waals surface area contributed by atoms with Crippen LogP contribution in [0.1, 0.15) is 18.4 Å². The van der Waals surface area contributed by atoms with Crippen LogP contribution in [0.3, 0.4) is 0 Å². The van der Waals surface area contributed by atoms with Crippen LogP contribution in [0.25, 0.3) is 11.2 Å². The Kier molecular flexibility index (Phi) is 5.38. The maximum absolute atomic E-state index is 6.44. The third-order valence-corrected chi connectivity index (χ3v) is 5.78. The van der Waals surface area contributed by atoms with Crippen LogP contribution in [0.4, 0.5) is 5.82 Å². The number of hydrogen-bond acceptors (Lipinski definition) is 5. The van der Waals surface area contributed by atoms with E-state index in [4.69, 9.17) is 35.4 Å². The molecular formula is C17H15Cl2N5S. The van der Waals surface area contributed by atoms with E-state index < -0.39 is 0 Å². The fraction of sp³-hybridized carbons (Fsp3) is 0.235. The van der Waals surface area contributed by atoms with Gasteiger partial charge in [-0.1, -0.05) is 23.2 Å². The molecular weight excluding hydrogens is 377 g/mol. The number of benzene rings is 1. The Labute approximate surface area is 160 Å². The molecule has 0 radical (unpaired) electrons. The summed E-state index contributed by atoms with van der Waals surface area (Å²) < 4.78 is 2.00. The number of nitrogens with zero attached hydrogens (tertiary/aromatic N) is 4. The Hall–Kier alpha value is -1.94. The summed E-state index contributed by atoms with van der Waals surface area (Å²) in [6, 6.07) is 3.70. The van der Waals surface area contributed by atoms with Crippen LogP contribution in [0, 0.1) is 19.3 Å². The van der Waals surface area contributed by atoms with E-state index in [2.05, 4.69) is 20.9 Å². The molecule has 0 aliphatic heterocycles. The van der Waals surface area contributed by atoms with Crippen LogP contribution in [0.15, 0.2) is 28.5 Å². The van der Waals surface area contributed by atoms with E-state index in [9.17, 15) is 0 Å². The molecule has 0 aliphatic carbocycles. The highest BCUT2D eigenvalue weighted by Gasteiger charge is 2.17. The van der Waals surface area contributed by atoms with Gasteiger partial charge in [-0.15, -0.1) is 12.3 Å². The van der Waals surface area contributed by atoms with E-state index in [1.165, 1.54) is 18.1 Å². The molecule has 8 heteroatoms. The molecule has 3 aromatic rings. The predicted molar refractivity (Wildman–Crippen MR) is 103 cm³/mol. The van der Waals surface area contributed by atoms with Crippen LogP contribution in [-0.4, -0.2) is 19.5 Å². The van der Waals surface area contributed by atoms with Crippen molar-refractivity contribution in [3.8, 4) is 12.3 Å². The van der Waals surface area contributed by atoms with Crippen molar-refractivity contribution < 1.29 is 0 Å². The number of rotatable bonds is 5. The summed E-state index contributed by atoms with van der Waals surface area (Å²) >= 11 is 14.0. The highest BCUT2D eigenvalue weighted by molar-refractivity contribution is 7.99. The number of imidazole rings is 1. The van der Waals surface area contributed by atoms with Crippen LogP contribution in [-0.2, 0) is 6.54 Å².